The molecule has 1 saturated carbocycles. The summed E-state index contributed by atoms with van der Waals surface area (Å²) in [5, 5.41) is 12.0. The smallest absolute Gasteiger partial charge is 0.278 e. The van der Waals surface area contributed by atoms with E-state index in [1.807, 2.05) is 30.3 Å². The molecule has 2 aromatic rings. The second-order valence-corrected chi connectivity index (χ2v) is 5.36. The lowest BCUT2D eigenvalue weighted by Gasteiger charge is -2.20. The highest BCUT2D eigenvalue weighted by Gasteiger charge is 2.33. The number of halogens is 1. The predicted molar refractivity (Wildman–Crippen MR) is 79.0 cm³/mol. The van der Waals surface area contributed by atoms with Gasteiger partial charge in [0.1, 0.15) is 11.6 Å². The Morgan fingerprint density at radius 1 is 1.32 bits per heavy atom. The van der Waals surface area contributed by atoms with Crippen molar-refractivity contribution in [1.29, 1.82) is 0 Å². The number of nitrogens with one attached hydrogen (secondary N) is 2. The molecule has 3 rings (SSSR count). The molecule has 0 spiro atoms. The maximum Gasteiger partial charge on any atom is 0.278 e. The number of pyridine rings is 1. The van der Waals surface area contributed by atoms with Gasteiger partial charge in [0.25, 0.3) is 5.91 Å². The minimum Gasteiger partial charge on any atom is -0.362 e. The van der Waals surface area contributed by atoms with Crippen molar-refractivity contribution < 1.29 is 14.4 Å². The van der Waals surface area contributed by atoms with E-state index < -0.39 is 11.7 Å². The van der Waals surface area contributed by atoms with Crippen LogP contribution < -0.4 is 10.8 Å². The highest BCUT2D eigenvalue weighted by molar-refractivity contribution is 5.98. The lowest BCUT2D eigenvalue weighted by molar-refractivity contribution is 0.0706. The van der Waals surface area contributed by atoms with Gasteiger partial charge >= 0.3 is 0 Å². The molecule has 1 unspecified atom stereocenters. The molecule has 1 aliphatic rings. The molecule has 1 aliphatic carbocycles. The van der Waals surface area contributed by atoms with E-state index in [9.17, 15) is 9.18 Å². The summed E-state index contributed by atoms with van der Waals surface area (Å²) in [6.45, 7) is 0. The molecular formula is C16H16FN3O2. The Balaban J connectivity index is 1.92. The number of amides is 1. The molecule has 5 nitrogen and oxygen atoms in total. The van der Waals surface area contributed by atoms with Crippen LogP contribution in [0.2, 0.25) is 0 Å². The van der Waals surface area contributed by atoms with Crippen LogP contribution in [0.15, 0.2) is 42.6 Å². The first kappa shape index (κ1) is 14.5. The van der Waals surface area contributed by atoms with E-state index in [2.05, 4.69) is 10.3 Å². The topological polar surface area (TPSA) is 74.2 Å². The fraction of sp³-hybridized carbons (Fsp3) is 0.250. The number of aromatic nitrogens is 1. The Hall–Kier alpha value is -2.47. The number of hydroxylamine groups is 1. The van der Waals surface area contributed by atoms with E-state index in [-0.39, 0.29) is 17.4 Å². The van der Waals surface area contributed by atoms with Gasteiger partial charge in [-0.1, -0.05) is 30.3 Å². The quantitative estimate of drug-likeness (QED) is 0.586. The summed E-state index contributed by atoms with van der Waals surface area (Å²) in [6.07, 6.45) is 3.23. The normalized spacial score (nSPS) is 15.2. The van der Waals surface area contributed by atoms with Gasteiger partial charge in [0.05, 0.1) is 17.8 Å². The summed E-state index contributed by atoms with van der Waals surface area (Å²) in [7, 11) is 0. The van der Waals surface area contributed by atoms with Gasteiger partial charge in [-0.15, -0.1) is 0 Å². The van der Waals surface area contributed by atoms with Crippen LogP contribution in [-0.2, 0) is 0 Å². The lowest BCUT2D eigenvalue weighted by Crippen LogP contribution is -2.23. The SMILES string of the molecule is O=C(NO)c1cc(F)cnc1NC(c1ccccc1)C1CC1. The average Bonchev–Trinajstić information content (AvgIpc) is 3.38. The third-order valence-corrected chi connectivity index (χ3v) is 3.74. The van der Waals surface area contributed by atoms with Crippen LogP contribution in [0.4, 0.5) is 10.2 Å². The summed E-state index contributed by atoms with van der Waals surface area (Å²) >= 11 is 0. The first-order valence-corrected chi connectivity index (χ1v) is 7.10. The molecule has 114 valence electrons. The maximum atomic E-state index is 13.3. The number of rotatable bonds is 5. The van der Waals surface area contributed by atoms with Gasteiger partial charge in [-0.3, -0.25) is 10.0 Å². The van der Waals surface area contributed by atoms with Crippen molar-refractivity contribution in [3.05, 3.63) is 59.5 Å². The van der Waals surface area contributed by atoms with Crippen molar-refractivity contribution in [3.63, 3.8) is 0 Å². The summed E-state index contributed by atoms with van der Waals surface area (Å²) < 4.78 is 13.3. The zero-order valence-electron chi connectivity index (χ0n) is 11.8. The lowest BCUT2D eigenvalue weighted by atomic mass is 10.0. The van der Waals surface area contributed by atoms with Crippen LogP contribution >= 0.6 is 0 Å². The van der Waals surface area contributed by atoms with Crippen molar-refractivity contribution in [2.75, 3.05) is 5.32 Å². The summed E-state index contributed by atoms with van der Waals surface area (Å²) in [4.78, 5) is 15.6. The Kier molecular flexibility index (Phi) is 4.02. The summed E-state index contributed by atoms with van der Waals surface area (Å²) in [5.41, 5.74) is 2.59. The van der Waals surface area contributed by atoms with E-state index in [0.717, 1.165) is 30.7 Å². The van der Waals surface area contributed by atoms with Crippen LogP contribution in [0.1, 0.15) is 34.8 Å². The number of hydrogen-bond donors (Lipinski definition) is 3. The molecule has 1 aromatic carbocycles. The Morgan fingerprint density at radius 2 is 2.05 bits per heavy atom. The summed E-state index contributed by atoms with van der Waals surface area (Å²) in [6, 6.07) is 10.9. The first-order valence-electron chi connectivity index (χ1n) is 7.10. The molecule has 0 saturated heterocycles. The molecule has 6 heteroatoms. The second kappa shape index (κ2) is 6.11. The number of carbonyl (C=O) groups is 1. The van der Waals surface area contributed by atoms with Crippen LogP contribution in [0.25, 0.3) is 0 Å². The zero-order valence-corrected chi connectivity index (χ0v) is 11.8. The Morgan fingerprint density at radius 3 is 2.68 bits per heavy atom. The highest BCUT2D eigenvalue weighted by atomic mass is 19.1. The third-order valence-electron chi connectivity index (χ3n) is 3.74. The molecule has 1 amide bonds. The summed E-state index contributed by atoms with van der Waals surface area (Å²) in [5.74, 6) is -0.711. The first-order chi connectivity index (χ1) is 10.7. The van der Waals surface area contributed by atoms with Crippen molar-refractivity contribution >= 4 is 11.7 Å². The van der Waals surface area contributed by atoms with Crippen molar-refractivity contribution in [1.82, 2.24) is 10.5 Å². The maximum absolute atomic E-state index is 13.3. The van der Waals surface area contributed by atoms with E-state index in [4.69, 9.17) is 5.21 Å². The number of nitrogens with zero attached hydrogens (tertiary/aromatic N) is 1. The minimum absolute atomic E-state index is 0.00408. The van der Waals surface area contributed by atoms with Gasteiger partial charge in [-0.05, 0) is 30.4 Å². The molecule has 0 radical (unpaired) electrons. The standard InChI is InChI=1S/C16H16FN3O2/c17-12-8-13(16(21)20-22)15(18-9-12)19-14(11-6-7-11)10-4-2-1-3-5-10/h1-5,8-9,11,14,22H,6-7H2,(H,18,19)(H,20,21). The second-order valence-electron chi connectivity index (χ2n) is 5.36. The van der Waals surface area contributed by atoms with Crippen molar-refractivity contribution in [2.24, 2.45) is 5.92 Å². The predicted octanol–water partition coefficient (Wildman–Crippen LogP) is 2.90. The van der Waals surface area contributed by atoms with E-state index >= 15 is 0 Å². The number of hydrogen-bond acceptors (Lipinski definition) is 4. The molecule has 1 heterocycles. The molecular weight excluding hydrogens is 285 g/mol. The van der Waals surface area contributed by atoms with Crippen molar-refractivity contribution in [3.8, 4) is 0 Å². The molecule has 0 aliphatic heterocycles. The van der Waals surface area contributed by atoms with E-state index in [1.54, 1.807) is 0 Å². The number of carbonyl (C=O) groups excluding carboxylic acids is 1. The van der Waals surface area contributed by atoms with Gasteiger partial charge in [0, 0.05) is 0 Å². The van der Waals surface area contributed by atoms with Crippen LogP contribution in [0.3, 0.4) is 0 Å². The van der Waals surface area contributed by atoms with Gasteiger partial charge in [0.15, 0.2) is 0 Å². The number of benzene rings is 1. The monoisotopic (exact) mass is 301 g/mol. The number of anilines is 1. The van der Waals surface area contributed by atoms with Gasteiger partial charge < -0.3 is 5.32 Å². The minimum atomic E-state index is -0.794. The fourth-order valence-corrected chi connectivity index (χ4v) is 2.50. The molecule has 22 heavy (non-hydrogen) atoms. The molecule has 1 atom stereocenters. The Bertz CT molecular complexity index is 674. The fourth-order valence-electron chi connectivity index (χ4n) is 2.50. The van der Waals surface area contributed by atoms with Crippen LogP contribution in [0, 0.1) is 11.7 Å². The van der Waals surface area contributed by atoms with Gasteiger partial charge in [-0.2, -0.15) is 0 Å². The van der Waals surface area contributed by atoms with Crippen LogP contribution in [0.5, 0.6) is 0 Å². The Labute approximate surface area is 127 Å². The van der Waals surface area contributed by atoms with E-state index in [0.29, 0.717) is 5.92 Å². The van der Waals surface area contributed by atoms with Gasteiger partial charge in [0.2, 0.25) is 0 Å². The van der Waals surface area contributed by atoms with Crippen LogP contribution in [-0.4, -0.2) is 16.1 Å². The van der Waals surface area contributed by atoms with Crippen molar-refractivity contribution in [2.45, 2.75) is 18.9 Å². The zero-order chi connectivity index (χ0) is 15.5. The largest absolute Gasteiger partial charge is 0.362 e. The molecule has 0 bridgehead atoms. The highest BCUT2D eigenvalue weighted by Crippen LogP contribution is 2.42. The molecule has 3 N–H and O–H groups in total. The molecule has 1 aromatic heterocycles. The third kappa shape index (κ3) is 3.07. The molecule has 1 fully saturated rings. The average molecular weight is 301 g/mol. The van der Waals surface area contributed by atoms with E-state index in [1.165, 1.54) is 5.48 Å². The van der Waals surface area contributed by atoms with Gasteiger partial charge in [-0.25, -0.2) is 14.9 Å².